The van der Waals surface area contributed by atoms with Crippen LogP contribution in [0.3, 0.4) is 0 Å². The Hall–Kier alpha value is -0.610. The van der Waals surface area contributed by atoms with Gasteiger partial charge in [0.15, 0.2) is 0 Å². The summed E-state index contributed by atoms with van der Waals surface area (Å²) in [4.78, 5) is 14.0. The number of hydrogen-bond donors (Lipinski definition) is 2. The van der Waals surface area contributed by atoms with Gasteiger partial charge in [-0.3, -0.25) is 4.79 Å². The zero-order chi connectivity index (χ0) is 12.3. The van der Waals surface area contributed by atoms with E-state index in [1.165, 1.54) is 12.8 Å². The van der Waals surface area contributed by atoms with Crippen molar-refractivity contribution in [3.8, 4) is 0 Å². The summed E-state index contributed by atoms with van der Waals surface area (Å²) in [5.74, 6) is 0.825. The Balaban J connectivity index is 1.66. The smallest absolute Gasteiger partial charge is 0.221 e. The fourth-order valence-electron chi connectivity index (χ4n) is 2.55. The zero-order valence-corrected chi connectivity index (χ0v) is 10.8. The lowest BCUT2D eigenvalue weighted by Gasteiger charge is -2.36. The molecule has 1 aliphatic carbocycles. The third-order valence-corrected chi connectivity index (χ3v) is 4.00. The molecule has 1 aliphatic heterocycles. The molecule has 98 valence electrons. The Morgan fingerprint density at radius 2 is 2.18 bits per heavy atom. The quantitative estimate of drug-likeness (QED) is 0.743. The molecule has 2 unspecified atom stereocenters. The summed E-state index contributed by atoms with van der Waals surface area (Å²) >= 11 is 0. The van der Waals surface area contributed by atoms with Crippen molar-refractivity contribution in [2.45, 2.75) is 51.1 Å². The summed E-state index contributed by atoms with van der Waals surface area (Å²) < 4.78 is 0. The molecule has 0 aromatic rings. The van der Waals surface area contributed by atoms with Gasteiger partial charge in [-0.1, -0.05) is 13.3 Å². The predicted molar refractivity (Wildman–Crippen MR) is 68.6 cm³/mol. The molecular formula is C13H25N3O. The summed E-state index contributed by atoms with van der Waals surface area (Å²) in [5.41, 5.74) is 6.08. The van der Waals surface area contributed by atoms with Gasteiger partial charge in [0.25, 0.3) is 0 Å². The minimum atomic E-state index is 0.218. The Labute approximate surface area is 104 Å². The maximum Gasteiger partial charge on any atom is 0.221 e. The van der Waals surface area contributed by atoms with Crippen LogP contribution in [0.5, 0.6) is 0 Å². The monoisotopic (exact) mass is 239 g/mol. The molecule has 2 aliphatic rings. The Morgan fingerprint density at radius 3 is 2.82 bits per heavy atom. The first kappa shape index (κ1) is 12.8. The zero-order valence-electron chi connectivity index (χ0n) is 10.8. The van der Waals surface area contributed by atoms with Crippen LogP contribution in [0, 0.1) is 5.92 Å². The van der Waals surface area contributed by atoms with Crippen LogP contribution in [-0.4, -0.2) is 42.5 Å². The van der Waals surface area contributed by atoms with Gasteiger partial charge < -0.3 is 16.0 Å². The largest absolute Gasteiger partial charge is 0.353 e. The third-order valence-electron chi connectivity index (χ3n) is 4.00. The van der Waals surface area contributed by atoms with Crippen LogP contribution >= 0.6 is 0 Å². The standard InChI is InChI=1S/C13H25N3O/c1-2-10-9-16(7-5-12(10)14)8-6-13(17)15-11-3-4-11/h10-12H,2-9,14H2,1H3,(H,15,17). The van der Waals surface area contributed by atoms with E-state index in [0.29, 0.717) is 24.4 Å². The Morgan fingerprint density at radius 1 is 1.41 bits per heavy atom. The molecule has 1 saturated heterocycles. The van der Waals surface area contributed by atoms with E-state index in [-0.39, 0.29) is 5.91 Å². The highest BCUT2D eigenvalue weighted by atomic mass is 16.1. The first-order valence-corrected chi connectivity index (χ1v) is 6.96. The van der Waals surface area contributed by atoms with E-state index in [9.17, 15) is 4.79 Å². The Bertz CT molecular complexity index is 265. The molecule has 0 bridgehead atoms. The second kappa shape index (κ2) is 5.83. The topological polar surface area (TPSA) is 58.4 Å². The molecule has 0 aromatic carbocycles. The van der Waals surface area contributed by atoms with Crippen LogP contribution in [0.1, 0.15) is 39.0 Å². The molecule has 2 rings (SSSR count). The van der Waals surface area contributed by atoms with E-state index in [0.717, 1.165) is 32.5 Å². The van der Waals surface area contributed by atoms with Crippen molar-refractivity contribution < 1.29 is 4.79 Å². The molecule has 1 amide bonds. The van der Waals surface area contributed by atoms with Crippen LogP contribution in [0.15, 0.2) is 0 Å². The Kier molecular flexibility index (Phi) is 4.40. The summed E-state index contributed by atoms with van der Waals surface area (Å²) in [6, 6.07) is 0.845. The number of likely N-dealkylation sites (tertiary alicyclic amines) is 1. The van der Waals surface area contributed by atoms with Gasteiger partial charge >= 0.3 is 0 Å². The first-order valence-electron chi connectivity index (χ1n) is 6.96. The van der Waals surface area contributed by atoms with Crippen LogP contribution in [0.2, 0.25) is 0 Å². The number of carbonyl (C=O) groups excluding carboxylic acids is 1. The minimum Gasteiger partial charge on any atom is -0.353 e. The molecule has 17 heavy (non-hydrogen) atoms. The number of piperidine rings is 1. The molecule has 4 nitrogen and oxygen atoms in total. The summed E-state index contributed by atoms with van der Waals surface area (Å²) in [6.45, 7) is 5.21. The van der Waals surface area contributed by atoms with Crippen molar-refractivity contribution in [2.75, 3.05) is 19.6 Å². The van der Waals surface area contributed by atoms with E-state index >= 15 is 0 Å². The van der Waals surface area contributed by atoms with E-state index < -0.39 is 0 Å². The van der Waals surface area contributed by atoms with E-state index in [2.05, 4.69) is 17.1 Å². The molecule has 0 aromatic heterocycles. The second-order valence-corrected chi connectivity index (χ2v) is 5.51. The van der Waals surface area contributed by atoms with Crippen molar-refractivity contribution in [1.29, 1.82) is 0 Å². The molecule has 0 radical (unpaired) electrons. The fraction of sp³-hybridized carbons (Fsp3) is 0.923. The maximum absolute atomic E-state index is 11.6. The van der Waals surface area contributed by atoms with Crippen molar-refractivity contribution in [3.05, 3.63) is 0 Å². The van der Waals surface area contributed by atoms with Crippen LogP contribution in [0.25, 0.3) is 0 Å². The van der Waals surface area contributed by atoms with Gasteiger partial charge in [0, 0.05) is 31.6 Å². The van der Waals surface area contributed by atoms with Crippen molar-refractivity contribution in [2.24, 2.45) is 11.7 Å². The van der Waals surface area contributed by atoms with Crippen LogP contribution in [-0.2, 0) is 4.79 Å². The molecule has 4 heteroatoms. The highest BCUT2D eigenvalue weighted by molar-refractivity contribution is 5.76. The van der Waals surface area contributed by atoms with Gasteiger partial charge in [-0.25, -0.2) is 0 Å². The van der Waals surface area contributed by atoms with Gasteiger partial charge in [-0.2, -0.15) is 0 Å². The third kappa shape index (κ3) is 3.96. The fourth-order valence-corrected chi connectivity index (χ4v) is 2.55. The summed E-state index contributed by atoms with van der Waals surface area (Å²) in [5, 5.41) is 3.04. The average molecular weight is 239 g/mol. The van der Waals surface area contributed by atoms with E-state index in [1.54, 1.807) is 0 Å². The summed E-state index contributed by atoms with van der Waals surface area (Å²) in [6.07, 6.45) is 5.20. The predicted octanol–water partition coefficient (Wildman–Crippen LogP) is 0.714. The number of hydrogen-bond acceptors (Lipinski definition) is 3. The number of carbonyl (C=O) groups is 1. The van der Waals surface area contributed by atoms with E-state index in [1.807, 2.05) is 0 Å². The highest BCUT2D eigenvalue weighted by Gasteiger charge is 2.26. The number of amides is 1. The normalized spacial score (nSPS) is 30.2. The minimum absolute atomic E-state index is 0.218. The number of nitrogens with one attached hydrogen (secondary N) is 1. The van der Waals surface area contributed by atoms with Gasteiger partial charge in [0.05, 0.1) is 0 Å². The molecule has 3 N–H and O–H groups in total. The van der Waals surface area contributed by atoms with Gasteiger partial charge in [0.1, 0.15) is 0 Å². The van der Waals surface area contributed by atoms with Gasteiger partial charge in [-0.15, -0.1) is 0 Å². The molecule has 2 atom stereocenters. The molecule has 2 fully saturated rings. The van der Waals surface area contributed by atoms with Crippen LogP contribution < -0.4 is 11.1 Å². The number of rotatable bonds is 5. The second-order valence-electron chi connectivity index (χ2n) is 5.51. The van der Waals surface area contributed by atoms with Gasteiger partial charge in [-0.05, 0) is 31.7 Å². The van der Waals surface area contributed by atoms with Crippen molar-refractivity contribution in [3.63, 3.8) is 0 Å². The SMILES string of the molecule is CCC1CN(CCC(=O)NC2CC2)CCC1N. The first-order chi connectivity index (χ1) is 8.19. The number of nitrogens with two attached hydrogens (primary N) is 1. The highest BCUT2D eigenvalue weighted by Crippen LogP contribution is 2.20. The lowest BCUT2D eigenvalue weighted by Crippen LogP contribution is -2.47. The summed E-state index contributed by atoms with van der Waals surface area (Å²) in [7, 11) is 0. The number of nitrogens with zero attached hydrogens (tertiary/aromatic N) is 1. The lowest BCUT2D eigenvalue weighted by atomic mass is 9.90. The molecular weight excluding hydrogens is 214 g/mol. The lowest BCUT2D eigenvalue weighted by molar-refractivity contribution is -0.121. The van der Waals surface area contributed by atoms with Crippen LogP contribution in [0.4, 0.5) is 0 Å². The van der Waals surface area contributed by atoms with Crippen molar-refractivity contribution in [1.82, 2.24) is 10.2 Å². The molecule has 1 heterocycles. The molecule has 1 saturated carbocycles. The van der Waals surface area contributed by atoms with Crippen molar-refractivity contribution >= 4 is 5.91 Å². The van der Waals surface area contributed by atoms with E-state index in [4.69, 9.17) is 5.73 Å². The molecule has 0 spiro atoms. The van der Waals surface area contributed by atoms with Gasteiger partial charge in [0.2, 0.25) is 5.91 Å². The average Bonchev–Trinajstić information content (AvgIpc) is 3.12. The maximum atomic E-state index is 11.6.